The molecule has 2 aromatic rings. The molecule has 1 unspecified atom stereocenters. The van der Waals surface area contributed by atoms with Crippen LogP contribution < -0.4 is 10.1 Å². The normalized spacial score (nSPS) is 17.2. The zero-order valence-electron chi connectivity index (χ0n) is 12.5. The summed E-state index contributed by atoms with van der Waals surface area (Å²) in [5, 5.41) is 11.1. The maximum Gasteiger partial charge on any atom is 0.259 e. The minimum Gasteiger partial charge on any atom is -0.472 e. The average molecular weight is 352 g/mol. The number of rotatable bonds is 6. The van der Waals surface area contributed by atoms with Gasteiger partial charge in [-0.05, 0) is 11.8 Å². The Hall–Kier alpha value is -1.71. The van der Waals surface area contributed by atoms with E-state index in [4.69, 9.17) is 9.47 Å². The van der Waals surface area contributed by atoms with Gasteiger partial charge in [-0.25, -0.2) is 4.98 Å². The van der Waals surface area contributed by atoms with Gasteiger partial charge in [0.15, 0.2) is 4.34 Å². The lowest BCUT2D eigenvalue weighted by atomic mass is 10.2. The van der Waals surface area contributed by atoms with Gasteiger partial charge in [0.05, 0.1) is 18.8 Å². The first-order valence-electron chi connectivity index (χ1n) is 7.22. The van der Waals surface area contributed by atoms with Gasteiger partial charge in [-0.1, -0.05) is 30.0 Å². The lowest BCUT2D eigenvalue weighted by molar-refractivity contribution is 0.102. The molecular weight excluding hydrogens is 336 g/mol. The van der Waals surface area contributed by atoms with E-state index in [9.17, 15) is 4.79 Å². The molecule has 1 atom stereocenters. The Morgan fingerprint density at radius 1 is 1.52 bits per heavy atom. The zero-order valence-corrected chi connectivity index (χ0v) is 14.2. The van der Waals surface area contributed by atoms with Gasteiger partial charge in [0.25, 0.3) is 5.91 Å². The Balaban J connectivity index is 1.58. The van der Waals surface area contributed by atoms with Crippen LogP contribution in [0.4, 0.5) is 5.13 Å². The summed E-state index contributed by atoms with van der Waals surface area (Å²) in [6.45, 7) is 3.34. The van der Waals surface area contributed by atoms with Gasteiger partial charge >= 0.3 is 0 Å². The highest BCUT2D eigenvalue weighted by Crippen LogP contribution is 2.25. The second-order valence-corrected chi connectivity index (χ2v) is 7.24. The van der Waals surface area contributed by atoms with E-state index in [0.29, 0.717) is 29.8 Å². The van der Waals surface area contributed by atoms with E-state index in [0.717, 1.165) is 16.5 Å². The molecule has 1 amide bonds. The third-order valence-corrected chi connectivity index (χ3v) is 4.92. The summed E-state index contributed by atoms with van der Waals surface area (Å²) in [4.78, 5) is 16.3. The van der Waals surface area contributed by atoms with Crippen molar-refractivity contribution in [2.75, 3.05) is 24.3 Å². The third-order valence-electron chi connectivity index (χ3n) is 3.07. The molecule has 1 saturated heterocycles. The number of hydrogen-bond acceptors (Lipinski definition) is 8. The van der Waals surface area contributed by atoms with E-state index in [1.807, 2.05) is 6.92 Å². The predicted octanol–water partition coefficient (Wildman–Crippen LogP) is 2.47. The highest BCUT2D eigenvalue weighted by atomic mass is 32.2. The molecular formula is C14H16N4O3S2. The van der Waals surface area contributed by atoms with Crippen LogP contribution in [0.1, 0.15) is 23.7 Å². The van der Waals surface area contributed by atoms with Crippen molar-refractivity contribution in [3.63, 3.8) is 0 Å². The van der Waals surface area contributed by atoms with Gasteiger partial charge < -0.3 is 9.47 Å². The molecule has 3 heterocycles. The second kappa shape index (κ2) is 7.71. The van der Waals surface area contributed by atoms with Crippen molar-refractivity contribution < 1.29 is 14.3 Å². The minimum absolute atomic E-state index is 0.0399. The molecule has 0 saturated carbocycles. The van der Waals surface area contributed by atoms with Crippen molar-refractivity contribution in [2.24, 2.45) is 0 Å². The van der Waals surface area contributed by atoms with Crippen molar-refractivity contribution in [1.82, 2.24) is 15.2 Å². The van der Waals surface area contributed by atoms with E-state index in [1.165, 1.54) is 17.5 Å². The van der Waals surface area contributed by atoms with Crippen LogP contribution in [-0.4, -0.2) is 46.2 Å². The van der Waals surface area contributed by atoms with E-state index >= 15 is 0 Å². The number of thioether (sulfide) groups is 1. The molecule has 0 aromatic carbocycles. The second-order valence-electron chi connectivity index (χ2n) is 4.75. The summed E-state index contributed by atoms with van der Waals surface area (Å²) in [5.74, 6) is 1.15. The number of nitrogens with zero attached hydrogens (tertiary/aromatic N) is 3. The van der Waals surface area contributed by atoms with Crippen LogP contribution in [0.25, 0.3) is 0 Å². The highest BCUT2D eigenvalue weighted by Gasteiger charge is 2.18. The van der Waals surface area contributed by atoms with Crippen LogP contribution in [0, 0.1) is 0 Å². The van der Waals surface area contributed by atoms with Crippen LogP contribution in [0.15, 0.2) is 22.7 Å². The highest BCUT2D eigenvalue weighted by molar-refractivity contribution is 8.01. The first-order valence-corrected chi connectivity index (χ1v) is 9.03. The Labute approximate surface area is 141 Å². The largest absolute Gasteiger partial charge is 0.472 e. The van der Waals surface area contributed by atoms with Gasteiger partial charge in [0, 0.05) is 18.7 Å². The maximum atomic E-state index is 12.2. The molecule has 0 radical (unpaired) electrons. The van der Waals surface area contributed by atoms with Crippen molar-refractivity contribution in [1.29, 1.82) is 0 Å². The van der Waals surface area contributed by atoms with Crippen LogP contribution in [0.2, 0.25) is 0 Å². The van der Waals surface area contributed by atoms with E-state index in [1.54, 1.807) is 23.9 Å². The molecule has 23 heavy (non-hydrogen) atoms. The van der Waals surface area contributed by atoms with Crippen molar-refractivity contribution in [3.05, 3.63) is 23.9 Å². The fourth-order valence-electron chi connectivity index (χ4n) is 1.97. The first-order chi connectivity index (χ1) is 11.2. The van der Waals surface area contributed by atoms with Crippen molar-refractivity contribution in [3.8, 4) is 5.88 Å². The smallest absolute Gasteiger partial charge is 0.259 e. The molecule has 7 nitrogen and oxygen atoms in total. The SMILES string of the molecule is CCSc1nnc(NC(=O)c2ccc(OC3CCOC3)nc2)s1. The number of ether oxygens (including phenoxy) is 2. The molecule has 0 aliphatic carbocycles. The fraction of sp³-hybridized carbons (Fsp3) is 0.429. The number of carbonyl (C=O) groups is 1. The number of amides is 1. The molecule has 0 bridgehead atoms. The molecule has 3 rings (SSSR count). The van der Waals surface area contributed by atoms with Crippen molar-refractivity contribution >= 4 is 34.1 Å². The number of nitrogens with one attached hydrogen (secondary N) is 1. The summed E-state index contributed by atoms with van der Waals surface area (Å²) < 4.78 is 11.8. The van der Waals surface area contributed by atoms with E-state index in [-0.39, 0.29) is 12.0 Å². The van der Waals surface area contributed by atoms with Crippen LogP contribution in [0.5, 0.6) is 5.88 Å². The predicted molar refractivity (Wildman–Crippen MR) is 88.3 cm³/mol. The average Bonchev–Trinajstić information content (AvgIpc) is 3.21. The number of hydrogen-bond donors (Lipinski definition) is 1. The lowest BCUT2D eigenvalue weighted by Crippen LogP contribution is -2.17. The third kappa shape index (κ3) is 4.40. The van der Waals surface area contributed by atoms with Crippen LogP contribution in [0.3, 0.4) is 0 Å². The summed E-state index contributed by atoms with van der Waals surface area (Å²) >= 11 is 2.95. The number of carbonyl (C=O) groups excluding carboxylic acids is 1. The lowest BCUT2D eigenvalue weighted by Gasteiger charge is -2.10. The topological polar surface area (TPSA) is 86.2 Å². The van der Waals surface area contributed by atoms with E-state index in [2.05, 4.69) is 20.5 Å². The van der Waals surface area contributed by atoms with Gasteiger partial charge in [0.2, 0.25) is 11.0 Å². The Morgan fingerprint density at radius 3 is 3.13 bits per heavy atom. The molecule has 1 aliphatic rings. The zero-order chi connectivity index (χ0) is 16.1. The summed E-state index contributed by atoms with van der Waals surface area (Å²) in [6.07, 6.45) is 2.39. The monoisotopic (exact) mass is 352 g/mol. The Morgan fingerprint density at radius 2 is 2.43 bits per heavy atom. The van der Waals surface area contributed by atoms with Gasteiger partial charge in [-0.3, -0.25) is 10.1 Å². The molecule has 0 spiro atoms. The summed E-state index contributed by atoms with van der Waals surface area (Å²) in [6, 6.07) is 3.36. The van der Waals surface area contributed by atoms with Gasteiger partial charge in [-0.15, -0.1) is 10.2 Å². The molecule has 9 heteroatoms. The van der Waals surface area contributed by atoms with Gasteiger partial charge in [-0.2, -0.15) is 0 Å². The maximum absolute atomic E-state index is 12.2. The Kier molecular flexibility index (Phi) is 5.42. The van der Waals surface area contributed by atoms with Crippen LogP contribution >= 0.6 is 23.1 Å². The Bertz CT molecular complexity index is 656. The summed E-state index contributed by atoms with van der Waals surface area (Å²) in [5.41, 5.74) is 0.444. The van der Waals surface area contributed by atoms with E-state index < -0.39 is 0 Å². The van der Waals surface area contributed by atoms with Crippen molar-refractivity contribution in [2.45, 2.75) is 23.8 Å². The summed E-state index contributed by atoms with van der Waals surface area (Å²) in [7, 11) is 0. The molecule has 2 aromatic heterocycles. The molecule has 1 fully saturated rings. The molecule has 122 valence electrons. The minimum atomic E-state index is -0.266. The van der Waals surface area contributed by atoms with Gasteiger partial charge in [0.1, 0.15) is 6.10 Å². The number of anilines is 1. The number of pyridine rings is 1. The number of aromatic nitrogens is 3. The fourth-order valence-corrected chi connectivity index (χ4v) is 3.62. The first kappa shape index (κ1) is 16.2. The standard InChI is InChI=1S/C14H16N4O3S2/c1-2-22-14-18-17-13(23-14)16-12(19)9-3-4-11(15-7-9)21-10-5-6-20-8-10/h3-4,7,10H,2,5-6,8H2,1H3,(H,16,17,19). The molecule has 1 N–H and O–H groups in total. The quantitative estimate of drug-likeness (QED) is 0.631. The van der Waals surface area contributed by atoms with Crippen LogP contribution in [-0.2, 0) is 4.74 Å². The molecule has 1 aliphatic heterocycles.